The molecule has 1 aromatic heterocycles. The monoisotopic (exact) mass is 280 g/mol. The van der Waals surface area contributed by atoms with E-state index in [1.165, 1.54) is 0 Å². The van der Waals surface area contributed by atoms with E-state index in [0.717, 1.165) is 18.6 Å². The summed E-state index contributed by atoms with van der Waals surface area (Å²) in [6.45, 7) is 3.57. The summed E-state index contributed by atoms with van der Waals surface area (Å²) in [5, 5.41) is 2.83. The highest BCUT2D eigenvalue weighted by atomic mass is 16.6. The van der Waals surface area contributed by atoms with Gasteiger partial charge in [-0.1, -0.05) is 0 Å². The SMILES string of the molecule is CCOC(=O)N1CCC[C@H](C(=O)NCc2ccco2)C1. The van der Waals surface area contributed by atoms with Gasteiger partial charge in [-0.3, -0.25) is 4.79 Å². The zero-order valence-corrected chi connectivity index (χ0v) is 11.6. The summed E-state index contributed by atoms with van der Waals surface area (Å²) in [4.78, 5) is 25.4. The number of furan rings is 1. The van der Waals surface area contributed by atoms with Crippen molar-refractivity contribution in [2.24, 2.45) is 5.92 Å². The van der Waals surface area contributed by atoms with Gasteiger partial charge in [-0.25, -0.2) is 4.79 Å². The molecule has 0 aliphatic carbocycles. The summed E-state index contributed by atoms with van der Waals surface area (Å²) in [6.07, 6.45) is 2.85. The maximum absolute atomic E-state index is 12.1. The van der Waals surface area contributed by atoms with Crippen LogP contribution in [0.25, 0.3) is 0 Å². The van der Waals surface area contributed by atoms with Crippen LogP contribution in [0.5, 0.6) is 0 Å². The lowest BCUT2D eigenvalue weighted by Gasteiger charge is -2.31. The number of nitrogens with one attached hydrogen (secondary N) is 1. The van der Waals surface area contributed by atoms with Crippen LogP contribution < -0.4 is 5.32 Å². The number of hydrogen-bond donors (Lipinski definition) is 1. The lowest BCUT2D eigenvalue weighted by molar-refractivity contribution is -0.126. The van der Waals surface area contributed by atoms with Crippen molar-refractivity contribution in [3.05, 3.63) is 24.2 Å². The maximum atomic E-state index is 12.1. The lowest BCUT2D eigenvalue weighted by Crippen LogP contribution is -2.45. The van der Waals surface area contributed by atoms with Crippen LogP contribution in [0.4, 0.5) is 4.79 Å². The highest BCUT2D eigenvalue weighted by Gasteiger charge is 2.28. The molecular weight excluding hydrogens is 260 g/mol. The van der Waals surface area contributed by atoms with Gasteiger partial charge < -0.3 is 19.4 Å². The van der Waals surface area contributed by atoms with Crippen LogP contribution in [0.3, 0.4) is 0 Å². The van der Waals surface area contributed by atoms with Gasteiger partial charge in [-0.2, -0.15) is 0 Å². The topological polar surface area (TPSA) is 71.8 Å². The number of piperidine rings is 1. The van der Waals surface area contributed by atoms with Crippen LogP contribution >= 0.6 is 0 Å². The molecule has 0 radical (unpaired) electrons. The van der Waals surface area contributed by atoms with Crippen LogP contribution in [0, 0.1) is 5.92 Å². The average Bonchev–Trinajstić information content (AvgIpc) is 2.98. The van der Waals surface area contributed by atoms with Gasteiger partial charge in [-0.05, 0) is 31.9 Å². The minimum Gasteiger partial charge on any atom is -0.467 e. The normalized spacial score (nSPS) is 18.6. The fourth-order valence-electron chi connectivity index (χ4n) is 2.30. The zero-order valence-electron chi connectivity index (χ0n) is 11.6. The van der Waals surface area contributed by atoms with E-state index in [9.17, 15) is 9.59 Å². The summed E-state index contributed by atoms with van der Waals surface area (Å²) >= 11 is 0. The fourth-order valence-corrected chi connectivity index (χ4v) is 2.30. The molecule has 0 bridgehead atoms. The Balaban J connectivity index is 1.81. The number of rotatable bonds is 4. The number of carbonyl (C=O) groups is 2. The molecule has 1 aliphatic heterocycles. The summed E-state index contributed by atoms with van der Waals surface area (Å²) in [6, 6.07) is 3.59. The minimum atomic E-state index is -0.337. The largest absolute Gasteiger partial charge is 0.467 e. The third-order valence-corrected chi connectivity index (χ3v) is 3.34. The number of likely N-dealkylation sites (tertiary alicyclic amines) is 1. The molecule has 20 heavy (non-hydrogen) atoms. The average molecular weight is 280 g/mol. The summed E-state index contributed by atoms with van der Waals surface area (Å²) in [5.74, 6) is 0.495. The Kier molecular flexibility index (Phi) is 5.03. The van der Waals surface area contributed by atoms with Crippen LogP contribution in [0.15, 0.2) is 22.8 Å². The van der Waals surface area contributed by atoms with E-state index in [1.807, 2.05) is 6.07 Å². The smallest absolute Gasteiger partial charge is 0.409 e. The molecule has 2 rings (SSSR count). The number of hydrogen-bond acceptors (Lipinski definition) is 4. The number of ether oxygens (including phenoxy) is 1. The Bertz CT molecular complexity index is 444. The summed E-state index contributed by atoms with van der Waals surface area (Å²) < 4.78 is 10.1. The quantitative estimate of drug-likeness (QED) is 0.912. The molecule has 0 unspecified atom stereocenters. The van der Waals surface area contributed by atoms with Gasteiger partial charge in [0.05, 0.1) is 25.3 Å². The fraction of sp³-hybridized carbons (Fsp3) is 0.571. The molecule has 1 N–H and O–H groups in total. The van der Waals surface area contributed by atoms with E-state index in [0.29, 0.717) is 26.2 Å². The molecule has 6 heteroatoms. The van der Waals surface area contributed by atoms with Crippen molar-refractivity contribution in [3.63, 3.8) is 0 Å². The van der Waals surface area contributed by atoms with Gasteiger partial charge >= 0.3 is 6.09 Å². The van der Waals surface area contributed by atoms with E-state index < -0.39 is 0 Å². The molecule has 1 aromatic rings. The minimum absolute atomic E-state index is 0.0459. The van der Waals surface area contributed by atoms with Crippen molar-refractivity contribution < 1.29 is 18.7 Å². The molecule has 1 fully saturated rings. The molecule has 6 nitrogen and oxygen atoms in total. The van der Waals surface area contributed by atoms with E-state index in [-0.39, 0.29) is 17.9 Å². The molecule has 110 valence electrons. The first-order valence-corrected chi connectivity index (χ1v) is 6.92. The van der Waals surface area contributed by atoms with E-state index in [2.05, 4.69) is 5.32 Å². The van der Waals surface area contributed by atoms with E-state index in [1.54, 1.807) is 24.2 Å². The molecule has 1 saturated heterocycles. The van der Waals surface area contributed by atoms with Crippen molar-refractivity contribution in [1.29, 1.82) is 0 Å². The Hall–Kier alpha value is -1.98. The van der Waals surface area contributed by atoms with Crippen molar-refractivity contribution in [2.75, 3.05) is 19.7 Å². The Morgan fingerprint density at radius 3 is 3.10 bits per heavy atom. The highest BCUT2D eigenvalue weighted by molar-refractivity contribution is 5.79. The predicted octanol–water partition coefficient (Wildman–Crippen LogP) is 1.76. The predicted molar refractivity (Wildman–Crippen MR) is 71.9 cm³/mol. The molecule has 0 aromatic carbocycles. The number of amides is 2. The Labute approximate surface area is 118 Å². The van der Waals surface area contributed by atoms with Gasteiger partial charge in [-0.15, -0.1) is 0 Å². The van der Waals surface area contributed by atoms with Crippen LogP contribution in [-0.4, -0.2) is 36.6 Å². The van der Waals surface area contributed by atoms with Crippen molar-refractivity contribution in [3.8, 4) is 0 Å². The molecule has 2 amide bonds. The Morgan fingerprint density at radius 1 is 1.55 bits per heavy atom. The maximum Gasteiger partial charge on any atom is 0.409 e. The second-order valence-electron chi connectivity index (χ2n) is 4.78. The lowest BCUT2D eigenvalue weighted by atomic mass is 9.97. The molecular formula is C14H20N2O4. The molecule has 0 spiro atoms. The summed E-state index contributed by atoms with van der Waals surface area (Å²) in [5.41, 5.74) is 0. The first kappa shape index (κ1) is 14.4. The molecule has 1 aliphatic rings. The van der Waals surface area contributed by atoms with Gasteiger partial charge in [0.2, 0.25) is 5.91 Å². The van der Waals surface area contributed by atoms with Crippen molar-refractivity contribution in [2.45, 2.75) is 26.3 Å². The molecule has 1 atom stereocenters. The molecule has 0 saturated carbocycles. The van der Waals surface area contributed by atoms with Gasteiger partial charge in [0.1, 0.15) is 5.76 Å². The zero-order chi connectivity index (χ0) is 14.4. The van der Waals surface area contributed by atoms with E-state index in [4.69, 9.17) is 9.15 Å². The van der Waals surface area contributed by atoms with Gasteiger partial charge in [0.25, 0.3) is 0 Å². The third-order valence-electron chi connectivity index (χ3n) is 3.34. The summed E-state index contributed by atoms with van der Waals surface area (Å²) in [7, 11) is 0. The first-order valence-electron chi connectivity index (χ1n) is 6.92. The van der Waals surface area contributed by atoms with Crippen molar-refractivity contribution in [1.82, 2.24) is 10.2 Å². The number of carbonyl (C=O) groups excluding carboxylic acids is 2. The van der Waals surface area contributed by atoms with Crippen molar-refractivity contribution >= 4 is 12.0 Å². The second kappa shape index (κ2) is 6.98. The molecule has 2 heterocycles. The van der Waals surface area contributed by atoms with Gasteiger partial charge in [0, 0.05) is 13.1 Å². The third kappa shape index (κ3) is 3.76. The highest BCUT2D eigenvalue weighted by Crippen LogP contribution is 2.17. The second-order valence-corrected chi connectivity index (χ2v) is 4.78. The van der Waals surface area contributed by atoms with Crippen LogP contribution in [0.2, 0.25) is 0 Å². The van der Waals surface area contributed by atoms with Gasteiger partial charge in [0.15, 0.2) is 0 Å². The number of nitrogens with zero attached hydrogens (tertiary/aromatic N) is 1. The van der Waals surface area contributed by atoms with E-state index >= 15 is 0 Å². The Morgan fingerprint density at radius 2 is 2.40 bits per heavy atom. The first-order chi connectivity index (χ1) is 9.70. The van der Waals surface area contributed by atoms with Crippen LogP contribution in [-0.2, 0) is 16.1 Å². The standard InChI is InChI=1S/C14H20N2O4/c1-2-19-14(18)16-7-3-5-11(10-16)13(17)15-9-12-6-4-8-20-12/h4,6,8,11H,2-3,5,7,9-10H2,1H3,(H,15,17)/t11-/m0/s1. The van der Waals surface area contributed by atoms with Crippen LogP contribution in [0.1, 0.15) is 25.5 Å².